The summed E-state index contributed by atoms with van der Waals surface area (Å²) in [5, 5.41) is 0. The molecule has 2 atom stereocenters. The number of hydrogen-bond acceptors (Lipinski definition) is 3. The van der Waals surface area contributed by atoms with Crippen molar-refractivity contribution in [1.29, 1.82) is 0 Å². The number of H-pyrrole nitrogens is 1. The van der Waals surface area contributed by atoms with E-state index in [0.717, 1.165) is 56.6 Å². The predicted molar refractivity (Wildman–Crippen MR) is 103 cm³/mol. The zero-order valence-corrected chi connectivity index (χ0v) is 15.8. The molecule has 1 aromatic heterocycles. The number of likely N-dealkylation sites (tertiary alicyclic amines) is 1. The lowest BCUT2D eigenvalue weighted by Crippen LogP contribution is -2.48. The van der Waals surface area contributed by atoms with E-state index in [1.165, 1.54) is 5.56 Å². The van der Waals surface area contributed by atoms with Gasteiger partial charge >= 0.3 is 5.69 Å². The number of aromatic nitrogens is 2. The largest absolute Gasteiger partial charge is 0.381 e. The number of aryl methyl sites for hydroxylation is 1. The zero-order valence-electron chi connectivity index (χ0n) is 15.0. The van der Waals surface area contributed by atoms with Gasteiger partial charge in [0, 0.05) is 38.4 Å². The van der Waals surface area contributed by atoms with Crippen LogP contribution in [0.25, 0.3) is 11.0 Å². The maximum atomic E-state index is 12.6. The van der Waals surface area contributed by atoms with Crippen LogP contribution in [-0.4, -0.2) is 46.8 Å². The first-order valence-corrected chi connectivity index (χ1v) is 9.16. The third-order valence-electron chi connectivity index (χ3n) is 5.80. The molecule has 2 aliphatic rings. The molecule has 6 heteroatoms. The van der Waals surface area contributed by atoms with Crippen LogP contribution in [0.1, 0.15) is 37.8 Å². The highest BCUT2D eigenvalue weighted by Crippen LogP contribution is 2.32. The molecule has 0 spiro atoms. The summed E-state index contributed by atoms with van der Waals surface area (Å²) in [7, 11) is 0. The van der Waals surface area contributed by atoms with Crippen LogP contribution in [-0.2, 0) is 4.74 Å². The third-order valence-corrected chi connectivity index (χ3v) is 5.80. The van der Waals surface area contributed by atoms with Gasteiger partial charge in [-0.05, 0) is 49.8 Å². The first-order chi connectivity index (χ1) is 11.6. The van der Waals surface area contributed by atoms with Crippen molar-refractivity contribution in [2.45, 2.75) is 45.2 Å². The molecule has 0 amide bonds. The zero-order chi connectivity index (χ0) is 16.7. The molecule has 2 fully saturated rings. The lowest BCUT2D eigenvalue weighted by Gasteiger charge is -2.42. The van der Waals surface area contributed by atoms with Crippen LogP contribution < -0.4 is 5.69 Å². The number of benzene rings is 1. The van der Waals surface area contributed by atoms with E-state index in [1.54, 1.807) is 0 Å². The second-order valence-corrected chi connectivity index (χ2v) is 7.49. The van der Waals surface area contributed by atoms with E-state index in [2.05, 4.69) is 35.9 Å². The molecule has 2 aromatic rings. The molecule has 2 aliphatic heterocycles. The molecule has 0 saturated carbocycles. The van der Waals surface area contributed by atoms with Crippen molar-refractivity contribution in [1.82, 2.24) is 14.5 Å². The second-order valence-electron chi connectivity index (χ2n) is 7.49. The smallest absolute Gasteiger partial charge is 0.326 e. The molecule has 138 valence electrons. The van der Waals surface area contributed by atoms with E-state index in [1.807, 2.05) is 10.6 Å². The molecule has 1 N–H and O–H groups in total. The van der Waals surface area contributed by atoms with E-state index in [4.69, 9.17) is 4.74 Å². The Balaban J connectivity index is 0.00000182. The fourth-order valence-electron chi connectivity index (χ4n) is 4.49. The number of imidazole rings is 1. The van der Waals surface area contributed by atoms with Gasteiger partial charge in [-0.2, -0.15) is 0 Å². The molecule has 2 saturated heterocycles. The third kappa shape index (κ3) is 3.50. The SMILES string of the molecule is Cc1ccc2[nH]c(=O)n(C3CCN(C4CCOCC4)CC3C)c2c1.Cl. The quantitative estimate of drug-likeness (QED) is 0.889. The topological polar surface area (TPSA) is 50.3 Å². The summed E-state index contributed by atoms with van der Waals surface area (Å²) in [6.45, 7) is 8.29. The fourth-order valence-corrected chi connectivity index (χ4v) is 4.49. The highest BCUT2D eigenvalue weighted by Gasteiger charge is 2.33. The number of ether oxygens (including phenoxy) is 1. The van der Waals surface area contributed by atoms with Crippen LogP contribution in [0.15, 0.2) is 23.0 Å². The number of aromatic amines is 1. The highest BCUT2D eigenvalue weighted by molar-refractivity contribution is 5.85. The standard InChI is InChI=1S/C19H27N3O2.ClH/c1-13-3-4-16-18(11-13)22(19(23)20-16)17-5-8-21(12-14(17)2)15-6-9-24-10-7-15;/h3-4,11,14-15,17H,5-10,12H2,1-2H3,(H,20,23);1H. The summed E-state index contributed by atoms with van der Waals surface area (Å²) in [6, 6.07) is 7.14. The fraction of sp³-hybridized carbons (Fsp3) is 0.632. The van der Waals surface area contributed by atoms with Crippen LogP contribution in [0, 0.1) is 12.8 Å². The molecule has 3 heterocycles. The molecule has 2 unspecified atom stereocenters. The Hall–Kier alpha value is -1.30. The van der Waals surface area contributed by atoms with Crippen molar-refractivity contribution in [2.75, 3.05) is 26.3 Å². The normalized spacial score (nSPS) is 25.8. The Kier molecular flexibility index (Phi) is 5.56. The summed E-state index contributed by atoms with van der Waals surface area (Å²) in [6.07, 6.45) is 3.33. The van der Waals surface area contributed by atoms with E-state index in [0.29, 0.717) is 12.0 Å². The number of nitrogens with zero attached hydrogens (tertiary/aromatic N) is 2. The van der Waals surface area contributed by atoms with Gasteiger partial charge in [-0.25, -0.2) is 4.79 Å². The Morgan fingerprint density at radius 2 is 1.96 bits per heavy atom. The van der Waals surface area contributed by atoms with E-state index in [-0.39, 0.29) is 24.1 Å². The monoisotopic (exact) mass is 365 g/mol. The van der Waals surface area contributed by atoms with Gasteiger partial charge in [-0.15, -0.1) is 12.4 Å². The molecule has 0 aliphatic carbocycles. The summed E-state index contributed by atoms with van der Waals surface area (Å²) in [5.41, 5.74) is 3.23. The van der Waals surface area contributed by atoms with Gasteiger partial charge in [-0.3, -0.25) is 9.47 Å². The first kappa shape index (κ1) is 18.5. The molecule has 0 radical (unpaired) electrons. The van der Waals surface area contributed by atoms with E-state index >= 15 is 0 Å². The Labute approximate surface area is 154 Å². The summed E-state index contributed by atoms with van der Waals surface area (Å²) < 4.78 is 7.50. The van der Waals surface area contributed by atoms with Crippen LogP contribution in [0.3, 0.4) is 0 Å². The van der Waals surface area contributed by atoms with Gasteiger partial charge in [0.2, 0.25) is 0 Å². The number of halogens is 1. The van der Waals surface area contributed by atoms with Crippen LogP contribution in [0.2, 0.25) is 0 Å². The molecule has 1 aromatic carbocycles. The van der Waals surface area contributed by atoms with Gasteiger partial charge in [-0.1, -0.05) is 13.0 Å². The maximum absolute atomic E-state index is 12.6. The van der Waals surface area contributed by atoms with Crippen molar-refractivity contribution in [3.8, 4) is 0 Å². The van der Waals surface area contributed by atoms with Crippen LogP contribution in [0.5, 0.6) is 0 Å². The van der Waals surface area contributed by atoms with Gasteiger partial charge < -0.3 is 9.72 Å². The van der Waals surface area contributed by atoms with Crippen LogP contribution >= 0.6 is 12.4 Å². The Bertz CT molecular complexity index is 779. The minimum Gasteiger partial charge on any atom is -0.381 e. The van der Waals surface area contributed by atoms with Crippen LogP contribution in [0.4, 0.5) is 0 Å². The van der Waals surface area contributed by atoms with Crippen molar-refractivity contribution in [3.63, 3.8) is 0 Å². The van der Waals surface area contributed by atoms with Gasteiger partial charge in [0.1, 0.15) is 0 Å². The number of fused-ring (bicyclic) bond motifs is 1. The first-order valence-electron chi connectivity index (χ1n) is 9.16. The van der Waals surface area contributed by atoms with Crippen molar-refractivity contribution < 1.29 is 4.74 Å². The highest BCUT2D eigenvalue weighted by atomic mass is 35.5. The molecular formula is C19H28ClN3O2. The average Bonchev–Trinajstić information content (AvgIpc) is 2.91. The minimum atomic E-state index is 0. The summed E-state index contributed by atoms with van der Waals surface area (Å²) in [4.78, 5) is 18.2. The lowest BCUT2D eigenvalue weighted by molar-refractivity contribution is 0.0101. The number of rotatable bonds is 2. The maximum Gasteiger partial charge on any atom is 0.326 e. The van der Waals surface area contributed by atoms with Crippen molar-refractivity contribution >= 4 is 23.4 Å². The molecular weight excluding hydrogens is 338 g/mol. The van der Waals surface area contributed by atoms with E-state index < -0.39 is 0 Å². The lowest BCUT2D eigenvalue weighted by atomic mass is 9.91. The minimum absolute atomic E-state index is 0. The summed E-state index contributed by atoms with van der Waals surface area (Å²) in [5.74, 6) is 0.471. The molecule has 0 bridgehead atoms. The van der Waals surface area contributed by atoms with Gasteiger partial charge in [0.15, 0.2) is 0 Å². The summed E-state index contributed by atoms with van der Waals surface area (Å²) >= 11 is 0. The number of piperidine rings is 1. The molecule has 4 rings (SSSR count). The molecule has 5 nitrogen and oxygen atoms in total. The molecule has 25 heavy (non-hydrogen) atoms. The van der Waals surface area contributed by atoms with Gasteiger partial charge in [0.05, 0.1) is 11.0 Å². The Morgan fingerprint density at radius 1 is 1.20 bits per heavy atom. The average molecular weight is 366 g/mol. The Morgan fingerprint density at radius 3 is 2.68 bits per heavy atom. The van der Waals surface area contributed by atoms with Gasteiger partial charge in [0.25, 0.3) is 0 Å². The van der Waals surface area contributed by atoms with E-state index in [9.17, 15) is 4.79 Å². The van der Waals surface area contributed by atoms with Crippen molar-refractivity contribution in [3.05, 3.63) is 34.2 Å². The van der Waals surface area contributed by atoms with Crippen molar-refractivity contribution in [2.24, 2.45) is 5.92 Å². The number of hydrogen-bond donors (Lipinski definition) is 1. The predicted octanol–water partition coefficient (Wildman–Crippen LogP) is 3.12. The second kappa shape index (κ2) is 7.52. The number of nitrogens with one attached hydrogen (secondary N) is 1.